The highest BCUT2D eigenvalue weighted by Crippen LogP contribution is 2.28. The predicted molar refractivity (Wildman–Crippen MR) is 55.4 cm³/mol. The van der Waals surface area contributed by atoms with Crippen LogP contribution in [0.3, 0.4) is 0 Å². The van der Waals surface area contributed by atoms with Crippen LogP contribution >= 0.6 is 0 Å². The summed E-state index contributed by atoms with van der Waals surface area (Å²) in [4.78, 5) is 11.0. The molecule has 0 aliphatic rings. The van der Waals surface area contributed by atoms with Crippen molar-refractivity contribution in [1.29, 1.82) is 0 Å². The van der Waals surface area contributed by atoms with Crippen LogP contribution in [0.2, 0.25) is 0 Å². The number of carbonyl (C=O) groups is 1. The number of esters is 1. The first kappa shape index (κ1) is 11.1. The average molecular weight is 208 g/mol. The third-order valence-corrected chi connectivity index (χ3v) is 1.73. The molecule has 15 heavy (non-hydrogen) atoms. The van der Waals surface area contributed by atoms with Crippen molar-refractivity contribution in [2.75, 3.05) is 6.61 Å². The summed E-state index contributed by atoms with van der Waals surface area (Å²) in [6, 6.07) is 4.50. The molecule has 80 valence electrons. The molecule has 0 aliphatic carbocycles. The number of benzene rings is 1. The van der Waals surface area contributed by atoms with E-state index in [-0.39, 0.29) is 11.5 Å². The van der Waals surface area contributed by atoms with E-state index in [0.717, 1.165) is 0 Å². The second-order valence-electron chi connectivity index (χ2n) is 2.80. The maximum Gasteiger partial charge on any atom is 0.330 e. The van der Waals surface area contributed by atoms with Crippen LogP contribution < -0.4 is 0 Å². The summed E-state index contributed by atoms with van der Waals surface area (Å²) in [5.74, 6) is -0.959. The summed E-state index contributed by atoms with van der Waals surface area (Å²) >= 11 is 0. The molecule has 0 bridgehead atoms. The summed E-state index contributed by atoms with van der Waals surface area (Å²) in [6.45, 7) is 2.01. The first-order valence-corrected chi connectivity index (χ1v) is 4.51. The van der Waals surface area contributed by atoms with Crippen LogP contribution in [0.1, 0.15) is 12.5 Å². The highest BCUT2D eigenvalue weighted by Gasteiger charge is 2.02. The molecule has 0 aliphatic heterocycles. The summed E-state index contributed by atoms with van der Waals surface area (Å²) in [7, 11) is 0. The molecule has 0 amide bonds. The molecule has 0 aromatic heterocycles. The smallest absolute Gasteiger partial charge is 0.330 e. The summed E-state index contributed by atoms with van der Waals surface area (Å²) in [5.41, 5.74) is 0.364. The number of para-hydroxylation sites is 1. The van der Waals surface area contributed by atoms with Gasteiger partial charge in [-0.1, -0.05) is 12.1 Å². The lowest BCUT2D eigenvalue weighted by atomic mass is 10.2. The predicted octanol–water partition coefficient (Wildman–Crippen LogP) is 1.67. The monoisotopic (exact) mass is 208 g/mol. The van der Waals surface area contributed by atoms with Gasteiger partial charge in [0.05, 0.1) is 6.61 Å². The van der Waals surface area contributed by atoms with Crippen LogP contribution in [0, 0.1) is 0 Å². The van der Waals surface area contributed by atoms with Crippen molar-refractivity contribution < 1.29 is 19.7 Å². The van der Waals surface area contributed by atoms with E-state index >= 15 is 0 Å². The molecular formula is C11H12O4. The van der Waals surface area contributed by atoms with Gasteiger partial charge in [-0.2, -0.15) is 0 Å². The van der Waals surface area contributed by atoms with Crippen LogP contribution in [0.4, 0.5) is 0 Å². The summed E-state index contributed by atoms with van der Waals surface area (Å²) < 4.78 is 4.66. The Hall–Kier alpha value is -1.97. The number of phenols is 2. The number of phenolic OH excluding ortho intramolecular Hbond substituents is 2. The third-order valence-electron chi connectivity index (χ3n) is 1.73. The Morgan fingerprint density at radius 3 is 2.87 bits per heavy atom. The first-order chi connectivity index (χ1) is 7.15. The molecule has 0 fully saturated rings. The molecule has 0 unspecified atom stereocenters. The van der Waals surface area contributed by atoms with E-state index in [9.17, 15) is 9.90 Å². The Morgan fingerprint density at radius 2 is 2.20 bits per heavy atom. The molecule has 2 N–H and O–H groups in total. The minimum atomic E-state index is -0.486. The first-order valence-electron chi connectivity index (χ1n) is 4.51. The van der Waals surface area contributed by atoms with Crippen molar-refractivity contribution >= 4 is 12.0 Å². The van der Waals surface area contributed by atoms with Crippen molar-refractivity contribution in [2.24, 2.45) is 0 Å². The van der Waals surface area contributed by atoms with Gasteiger partial charge < -0.3 is 14.9 Å². The van der Waals surface area contributed by atoms with Crippen LogP contribution in [0.25, 0.3) is 6.08 Å². The largest absolute Gasteiger partial charge is 0.504 e. The summed E-state index contributed by atoms with van der Waals surface area (Å²) in [5, 5.41) is 18.6. The molecule has 4 heteroatoms. The van der Waals surface area contributed by atoms with E-state index < -0.39 is 5.97 Å². The number of hydrogen-bond acceptors (Lipinski definition) is 4. The van der Waals surface area contributed by atoms with Crippen molar-refractivity contribution in [3.63, 3.8) is 0 Å². The van der Waals surface area contributed by atoms with Crippen molar-refractivity contribution in [3.8, 4) is 11.5 Å². The SMILES string of the molecule is CCOC(=O)/C=C/c1cccc(O)c1O. The summed E-state index contributed by atoms with van der Waals surface area (Å²) in [6.07, 6.45) is 2.57. The fraction of sp³-hybridized carbons (Fsp3) is 0.182. The number of rotatable bonds is 3. The van der Waals surface area contributed by atoms with Crippen LogP contribution in [-0.4, -0.2) is 22.8 Å². The van der Waals surface area contributed by atoms with E-state index in [4.69, 9.17) is 5.11 Å². The zero-order chi connectivity index (χ0) is 11.3. The molecular weight excluding hydrogens is 196 g/mol. The quantitative estimate of drug-likeness (QED) is 0.450. The van der Waals surface area contributed by atoms with E-state index in [1.165, 1.54) is 18.2 Å². The van der Waals surface area contributed by atoms with E-state index in [2.05, 4.69) is 4.74 Å². The van der Waals surface area contributed by atoms with Crippen molar-refractivity contribution in [3.05, 3.63) is 29.8 Å². The molecule has 0 heterocycles. The van der Waals surface area contributed by atoms with Crippen molar-refractivity contribution in [2.45, 2.75) is 6.92 Å². The molecule has 0 saturated carbocycles. The maximum atomic E-state index is 11.0. The fourth-order valence-corrected chi connectivity index (χ4v) is 1.03. The number of carbonyl (C=O) groups excluding carboxylic acids is 1. The second-order valence-corrected chi connectivity index (χ2v) is 2.80. The number of hydrogen-bond donors (Lipinski definition) is 2. The van der Waals surface area contributed by atoms with Gasteiger partial charge in [0.2, 0.25) is 0 Å². The lowest BCUT2D eigenvalue weighted by Crippen LogP contribution is -1.98. The Bertz CT molecular complexity index is 382. The topological polar surface area (TPSA) is 66.8 Å². The Morgan fingerprint density at radius 1 is 1.47 bits per heavy atom. The zero-order valence-corrected chi connectivity index (χ0v) is 8.30. The van der Waals surface area contributed by atoms with Gasteiger partial charge in [-0.3, -0.25) is 0 Å². The highest BCUT2D eigenvalue weighted by molar-refractivity contribution is 5.87. The van der Waals surface area contributed by atoms with Crippen LogP contribution in [-0.2, 0) is 9.53 Å². The Kier molecular flexibility index (Phi) is 3.74. The van der Waals surface area contributed by atoms with E-state index in [0.29, 0.717) is 12.2 Å². The molecule has 0 saturated heterocycles. The highest BCUT2D eigenvalue weighted by atomic mass is 16.5. The van der Waals surface area contributed by atoms with E-state index in [1.54, 1.807) is 19.1 Å². The molecule has 0 spiro atoms. The van der Waals surface area contributed by atoms with Gasteiger partial charge in [-0.15, -0.1) is 0 Å². The van der Waals surface area contributed by atoms with Crippen LogP contribution in [0.5, 0.6) is 11.5 Å². The Balaban J connectivity index is 2.81. The van der Waals surface area contributed by atoms with Gasteiger partial charge in [0.1, 0.15) is 0 Å². The Labute approximate surface area is 87.4 Å². The minimum absolute atomic E-state index is 0.221. The number of aromatic hydroxyl groups is 2. The van der Waals surface area contributed by atoms with Gasteiger partial charge in [-0.05, 0) is 19.1 Å². The molecule has 1 rings (SSSR count). The fourth-order valence-electron chi connectivity index (χ4n) is 1.03. The lowest BCUT2D eigenvalue weighted by Gasteiger charge is -2.00. The molecule has 1 aromatic carbocycles. The maximum absolute atomic E-state index is 11.0. The third kappa shape index (κ3) is 3.02. The molecule has 0 atom stereocenters. The number of ether oxygens (including phenoxy) is 1. The van der Waals surface area contributed by atoms with Gasteiger partial charge in [0.25, 0.3) is 0 Å². The average Bonchev–Trinajstić information content (AvgIpc) is 2.21. The van der Waals surface area contributed by atoms with E-state index in [1.807, 2.05) is 0 Å². The molecule has 0 radical (unpaired) electrons. The molecule has 4 nitrogen and oxygen atoms in total. The lowest BCUT2D eigenvalue weighted by molar-refractivity contribution is -0.137. The second kappa shape index (κ2) is 5.05. The normalized spacial score (nSPS) is 10.5. The zero-order valence-electron chi connectivity index (χ0n) is 8.30. The standard InChI is InChI=1S/C11H12O4/c1-2-15-10(13)7-6-8-4-3-5-9(12)11(8)14/h3-7,12,14H,2H2,1H3/b7-6+. The van der Waals surface area contributed by atoms with Gasteiger partial charge in [0, 0.05) is 11.6 Å². The van der Waals surface area contributed by atoms with Crippen LogP contribution in [0.15, 0.2) is 24.3 Å². The van der Waals surface area contributed by atoms with Gasteiger partial charge >= 0.3 is 5.97 Å². The van der Waals surface area contributed by atoms with Crippen molar-refractivity contribution in [1.82, 2.24) is 0 Å². The molecule has 1 aromatic rings. The van der Waals surface area contributed by atoms with Gasteiger partial charge in [0.15, 0.2) is 11.5 Å². The van der Waals surface area contributed by atoms with Gasteiger partial charge in [-0.25, -0.2) is 4.79 Å². The minimum Gasteiger partial charge on any atom is -0.504 e.